The molecule has 0 unspecified atom stereocenters. The van der Waals surface area contributed by atoms with E-state index in [1.165, 1.54) is 35.2 Å². The number of thiazole rings is 1. The van der Waals surface area contributed by atoms with Crippen LogP contribution < -0.4 is 10.2 Å². The summed E-state index contributed by atoms with van der Waals surface area (Å²) in [4.78, 5) is 19.7. The zero-order valence-electron chi connectivity index (χ0n) is 19.2. The van der Waals surface area contributed by atoms with Gasteiger partial charge in [0.05, 0.1) is 21.0 Å². The molecule has 176 valence electrons. The average Bonchev–Trinajstić information content (AvgIpc) is 3.28. The molecule has 5 nitrogen and oxygen atoms in total. The SMILES string of the molecule is CC(C)N(C(=O)CS/C(Nc1ccc(F)cc1)=C(/C#N)c1nc2ccccc2s1)c1ccccc1. The molecule has 0 aliphatic carbocycles. The van der Waals surface area contributed by atoms with Crippen LogP contribution in [0.2, 0.25) is 0 Å². The van der Waals surface area contributed by atoms with Crippen molar-refractivity contribution in [1.82, 2.24) is 4.98 Å². The van der Waals surface area contributed by atoms with Crippen molar-refractivity contribution in [3.63, 3.8) is 0 Å². The molecule has 0 saturated heterocycles. The number of allylic oxidation sites excluding steroid dienone is 1. The van der Waals surface area contributed by atoms with Crippen LogP contribution in [-0.2, 0) is 4.79 Å². The fourth-order valence-electron chi connectivity index (χ4n) is 3.53. The Morgan fingerprint density at radius 2 is 1.77 bits per heavy atom. The number of benzene rings is 3. The lowest BCUT2D eigenvalue weighted by Crippen LogP contribution is -2.38. The minimum atomic E-state index is -0.356. The molecule has 0 bridgehead atoms. The first-order valence-electron chi connectivity index (χ1n) is 11.0. The third kappa shape index (κ3) is 5.88. The lowest BCUT2D eigenvalue weighted by atomic mass is 10.2. The van der Waals surface area contributed by atoms with Crippen LogP contribution in [0.25, 0.3) is 15.8 Å². The van der Waals surface area contributed by atoms with Crippen LogP contribution in [0.4, 0.5) is 15.8 Å². The molecule has 0 aliphatic heterocycles. The lowest BCUT2D eigenvalue weighted by Gasteiger charge is -2.27. The highest BCUT2D eigenvalue weighted by Crippen LogP contribution is 2.33. The van der Waals surface area contributed by atoms with Crippen molar-refractivity contribution >= 4 is 56.2 Å². The molecule has 0 aliphatic rings. The number of halogens is 1. The number of carbonyl (C=O) groups is 1. The quantitative estimate of drug-likeness (QED) is 0.265. The maximum Gasteiger partial charge on any atom is 0.237 e. The lowest BCUT2D eigenvalue weighted by molar-refractivity contribution is -0.116. The summed E-state index contributed by atoms with van der Waals surface area (Å²) in [7, 11) is 0. The summed E-state index contributed by atoms with van der Waals surface area (Å²) in [6.07, 6.45) is 0. The normalized spacial score (nSPS) is 11.7. The third-order valence-corrected chi connectivity index (χ3v) is 7.15. The number of anilines is 2. The summed E-state index contributed by atoms with van der Waals surface area (Å²) in [5.74, 6) is -0.339. The molecule has 1 heterocycles. The Kier molecular flexibility index (Phi) is 7.80. The van der Waals surface area contributed by atoms with Crippen molar-refractivity contribution in [3.8, 4) is 6.07 Å². The van der Waals surface area contributed by atoms with Crippen LogP contribution in [0.1, 0.15) is 18.9 Å². The van der Waals surface area contributed by atoms with Gasteiger partial charge in [-0.05, 0) is 62.4 Å². The van der Waals surface area contributed by atoms with E-state index in [-0.39, 0.29) is 23.5 Å². The predicted octanol–water partition coefficient (Wildman–Crippen LogP) is 6.91. The van der Waals surface area contributed by atoms with Gasteiger partial charge in [-0.15, -0.1) is 11.3 Å². The van der Waals surface area contributed by atoms with Crippen LogP contribution >= 0.6 is 23.1 Å². The number of thioether (sulfide) groups is 1. The minimum absolute atomic E-state index is 0.0392. The second-order valence-corrected chi connectivity index (χ2v) is 9.93. The van der Waals surface area contributed by atoms with Crippen LogP contribution in [0, 0.1) is 17.1 Å². The fourth-order valence-corrected chi connectivity index (χ4v) is 5.45. The summed E-state index contributed by atoms with van der Waals surface area (Å²) in [6.45, 7) is 3.93. The van der Waals surface area contributed by atoms with Gasteiger partial charge in [0.1, 0.15) is 22.5 Å². The van der Waals surface area contributed by atoms with E-state index >= 15 is 0 Å². The van der Waals surface area contributed by atoms with E-state index < -0.39 is 0 Å². The highest BCUT2D eigenvalue weighted by Gasteiger charge is 2.22. The molecule has 1 aromatic heterocycles. The largest absolute Gasteiger partial charge is 0.349 e. The topological polar surface area (TPSA) is 69.0 Å². The predicted molar refractivity (Wildman–Crippen MR) is 144 cm³/mol. The van der Waals surface area contributed by atoms with E-state index in [2.05, 4.69) is 16.4 Å². The molecule has 3 aromatic carbocycles. The molecule has 8 heteroatoms. The molecule has 0 spiro atoms. The monoisotopic (exact) mass is 502 g/mol. The first kappa shape index (κ1) is 24.5. The molecule has 0 fully saturated rings. The van der Waals surface area contributed by atoms with Crippen molar-refractivity contribution in [2.45, 2.75) is 19.9 Å². The van der Waals surface area contributed by atoms with Gasteiger partial charge in [-0.2, -0.15) is 5.26 Å². The van der Waals surface area contributed by atoms with Crippen LogP contribution in [0.5, 0.6) is 0 Å². The Morgan fingerprint density at radius 1 is 1.09 bits per heavy atom. The number of aromatic nitrogens is 1. The first-order chi connectivity index (χ1) is 17.0. The van der Waals surface area contributed by atoms with Crippen molar-refractivity contribution in [1.29, 1.82) is 5.26 Å². The summed E-state index contributed by atoms with van der Waals surface area (Å²) < 4.78 is 14.4. The number of fused-ring (bicyclic) bond motifs is 1. The second kappa shape index (κ2) is 11.2. The van der Waals surface area contributed by atoms with E-state index in [1.807, 2.05) is 68.4 Å². The number of rotatable bonds is 8. The van der Waals surface area contributed by atoms with E-state index in [0.29, 0.717) is 21.3 Å². The molecule has 0 radical (unpaired) electrons. The van der Waals surface area contributed by atoms with Gasteiger partial charge in [0.15, 0.2) is 0 Å². The maximum atomic E-state index is 13.5. The zero-order valence-corrected chi connectivity index (χ0v) is 20.9. The third-order valence-electron chi connectivity index (χ3n) is 5.11. The van der Waals surface area contributed by atoms with Crippen LogP contribution in [-0.4, -0.2) is 22.7 Å². The fraction of sp³-hybridized carbons (Fsp3) is 0.148. The molecular weight excluding hydrogens is 479 g/mol. The molecule has 0 saturated carbocycles. The smallest absolute Gasteiger partial charge is 0.237 e. The Hall–Kier alpha value is -3.67. The summed E-state index contributed by atoms with van der Waals surface area (Å²) in [5, 5.41) is 14.3. The van der Waals surface area contributed by atoms with Crippen molar-refractivity contribution in [3.05, 3.63) is 94.7 Å². The minimum Gasteiger partial charge on any atom is -0.349 e. The Labute approximate surface area is 211 Å². The van der Waals surface area contributed by atoms with Crippen LogP contribution in [0.15, 0.2) is 83.9 Å². The number of hydrogen-bond acceptors (Lipinski definition) is 6. The standard InChI is InChI=1S/C27H23FN4OS2/c1-18(2)32(21-8-4-3-5-9-21)25(33)17-34-26(30-20-14-12-19(28)13-15-20)22(16-29)27-31-23-10-6-7-11-24(23)35-27/h3-15,18,30H,17H2,1-2H3/b26-22-. The molecule has 1 N–H and O–H groups in total. The van der Waals surface area contributed by atoms with E-state index in [1.54, 1.807) is 17.0 Å². The highest BCUT2D eigenvalue weighted by atomic mass is 32.2. The van der Waals surface area contributed by atoms with E-state index in [0.717, 1.165) is 15.9 Å². The Morgan fingerprint density at radius 3 is 2.43 bits per heavy atom. The number of nitriles is 1. The van der Waals surface area contributed by atoms with Crippen LogP contribution in [0.3, 0.4) is 0 Å². The molecule has 1 amide bonds. The maximum absolute atomic E-state index is 13.5. The number of para-hydroxylation sites is 2. The summed E-state index contributed by atoms with van der Waals surface area (Å²) >= 11 is 2.65. The molecule has 4 rings (SSSR count). The Bertz CT molecular complexity index is 1360. The van der Waals surface area contributed by atoms with Gasteiger partial charge in [-0.25, -0.2) is 9.37 Å². The first-order valence-corrected chi connectivity index (χ1v) is 12.8. The molecule has 4 aromatic rings. The molecule has 0 atom stereocenters. The summed E-state index contributed by atoms with van der Waals surface area (Å²) in [5.41, 5.74) is 2.57. The number of amides is 1. The number of nitrogens with zero attached hydrogens (tertiary/aromatic N) is 3. The van der Waals surface area contributed by atoms with Gasteiger partial charge in [-0.1, -0.05) is 42.1 Å². The summed E-state index contributed by atoms with van der Waals surface area (Å²) in [6, 6.07) is 25.3. The van der Waals surface area contributed by atoms with Crippen molar-refractivity contribution in [2.75, 3.05) is 16.0 Å². The number of nitrogens with one attached hydrogen (secondary N) is 1. The average molecular weight is 503 g/mol. The Balaban J connectivity index is 1.67. The van der Waals surface area contributed by atoms with Gasteiger partial charge in [0.2, 0.25) is 5.91 Å². The van der Waals surface area contributed by atoms with E-state index in [4.69, 9.17) is 0 Å². The van der Waals surface area contributed by atoms with Gasteiger partial charge >= 0.3 is 0 Å². The van der Waals surface area contributed by atoms with Gasteiger partial charge in [-0.3, -0.25) is 4.79 Å². The second-order valence-electron chi connectivity index (χ2n) is 7.92. The highest BCUT2D eigenvalue weighted by molar-refractivity contribution is 8.04. The zero-order chi connectivity index (χ0) is 24.8. The van der Waals surface area contributed by atoms with Crippen molar-refractivity contribution < 1.29 is 9.18 Å². The van der Waals surface area contributed by atoms with Gasteiger partial charge in [0.25, 0.3) is 0 Å². The molecular formula is C27H23FN4OS2. The van der Waals surface area contributed by atoms with Gasteiger partial charge < -0.3 is 10.2 Å². The molecule has 35 heavy (non-hydrogen) atoms. The van der Waals surface area contributed by atoms with Gasteiger partial charge in [0, 0.05) is 17.4 Å². The number of carbonyl (C=O) groups excluding carboxylic acids is 1. The van der Waals surface area contributed by atoms with Crippen molar-refractivity contribution in [2.24, 2.45) is 0 Å². The van der Waals surface area contributed by atoms with E-state index in [9.17, 15) is 14.4 Å². The number of hydrogen-bond donors (Lipinski definition) is 1.